The quantitative estimate of drug-likeness (QED) is 0.857. The molecule has 0 saturated carbocycles. The smallest absolute Gasteiger partial charge is 0.320 e. The molecule has 1 aliphatic rings. The van der Waals surface area contributed by atoms with Crippen LogP contribution in [0.1, 0.15) is 13.8 Å². The van der Waals surface area contributed by atoms with Crippen LogP contribution in [0.2, 0.25) is 0 Å². The summed E-state index contributed by atoms with van der Waals surface area (Å²) in [7, 11) is 0. The lowest BCUT2D eigenvalue weighted by Crippen LogP contribution is -2.52. The summed E-state index contributed by atoms with van der Waals surface area (Å²) in [5, 5.41) is 0. The van der Waals surface area contributed by atoms with Gasteiger partial charge in [-0.2, -0.15) is 0 Å². The zero-order chi connectivity index (χ0) is 14.5. The predicted octanol–water partition coefficient (Wildman–Crippen LogP) is 1.85. The highest BCUT2D eigenvalue weighted by Gasteiger charge is 2.23. The number of hydrogen-bond donors (Lipinski definition) is 1. The molecule has 20 heavy (non-hydrogen) atoms. The van der Waals surface area contributed by atoms with Crippen molar-refractivity contribution < 1.29 is 4.79 Å². The van der Waals surface area contributed by atoms with Crippen LogP contribution >= 0.6 is 0 Å². The minimum atomic E-state index is 0.159. The van der Waals surface area contributed by atoms with Crippen LogP contribution in [0.3, 0.4) is 0 Å². The third kappa shape index (κ3) is 3.15. The minimum Gasteiger partial charge on any atom is -0.399 e. The molecule has 0 spiro atoms. The maximum absolute atomic E-state index is 12.3. The number of hydrogen-bond acceptors (Lipinski definition) is 3. The molecule has 1 aromatic rings. The van der Waals surface area contributed by atoms with E-state index < -0.39 is 0 Å². The molecule has 5 nitrogen and oxygen atoms in total. The normalized spacial score (nSPS) is 15.3. The van der Waals surface area contributed by atoms with E-state index in [1.807, 2.05) is 47.9 Å². The van der Waals surface area contributed by atoms with Crippen molar-refractivity contribution in [3.05, 3.63) is 24.3 Å². The molecule has 0 unspecified atom stereocenters. The summed E-state index contributed by atoms with van der Waals surface area (Å²) >= 11 is 0. The van der Waals surface area contributed by atoms with Crippen LogP contribution in [-0.2, 0) is 0 Å². The van der Waals surface area contributed by atoms with Gasteiger partial charge in [-0.15, -0.1) is 0 Å². The van der Waals surface area contributed by atoms with Crippen molar-refractivity contribution in [2.45, 2.75) is 13.8 Å². The zero-order valence-corrected chi connectivity index (χ0v) is 12.4. The molecule has 0 atom stereocenters. The molecule has 1 fully saturated rings. The van der Waals surface area contributed by atoms with E-state index in [1.54, 1.807) is 0 Å². The van der Waals surface area contributed by atoms with E-state index in [2.05, 4.69) is 4.90 Å². The second kappa shape index (κ2) is 6.50. The number of rotatable bonds is 3. The fourth-order valence-electron chi connectivity index (χ4n) is 2.54. The Kier molecular flexibility index (Phi) is 4.71. The maximum Gasteiger partial charge on any atom is 0.320 e. The Morgan fingerprint density at radius 1 is 1.10 bits per heavy atom. The van der Waals surface area contributed by atoms with E-state index in [9.17, 15) is 4.79 Å². The fraction of sp³-hybridized carbons (Fsp3) is 0.533. The maximum atomic E-state index is 12.3. The van der Waals surface area contributed by atoms with Crippen LogP contribution in [0, 0.1) is 0 Å². The highest BCUT2D eigenvalue weighted by Crippen LogP contribution is 2.18. The summed E-state index contributed by atoms with van der Waals surface area (Å²) in [6, 6.07) is 8.08. The van der Waals surface area contributed by atoms with Crippen LogP contribution in [0.25, 0.3) is 0 Å². The van der Waals surface area contributed by atoms with Gasteiger partial charge in [0.15, 0.2) is 0 Å². The highest BCUT2D eigenvalue weighted by atomic mass is 16.2. The van der Waals surface area contributed by atoms with Crippen molar-refractivity contribution in [1.29, 1.82) is 0 Å². The fourth-order valence-corrected chi connectivity index (χ4v) is 2.54. The molecule has 2 amide bonds. The number of nitrogens with two attached hydrogens (primary N) is 1. The summed E-state index contributed by atoms with van der Waals surface area (Å²) in [6.45, 7) is 8.88. The van der Waals surface area contributed by atoms with Gasteiger partial charge in [0.05, 0.1) is 0 Å². The number of amides is 2. The number of nitrogens with zero attached hydrogens (tertiary/aromatic N) is 3. The Morgan fingerprint density at radius 3 is 2.15 bits per heavy atom. The van der Waals surface area contributed by atoms with Gasteiger partial charge in [0.2, 0.25) is 0 Å². The Morgan fingerprint density at radius 2 is 1.65 bits per heavy atom. The molecule has 2 rings (SSSR count). The van der Waals surface area contributed by atoms with Crippen LogP contribution in [0.5, 0.6) is 0 Å². The molecule has 0 aromatic heterocycles. The van der Waals surface area contributed by atoms with E-state index in [4.69, 9.17) is 5.73 Å². The number of carbonyl (C=O) groups excluding carboxylic acids is 1. The monoisotopic (exact) mass is 276 g/mol. The molecular weight excluding hydrogens is 252 g/mol. The number of anilines is 2. The van der Waals surface area contributed by atoms with E-state index in [1.165, 1.54) is 5.69 Å². The Labute approximate surface area is 120 Å². The molecule has 1 aromatic carbocycles. The van der Waals surface area contributed by atoms with Crippen LogP contribution in [0.4, 0.5) is 16.2 Å². The molecule has 1 saturated heterocycles. The standard InChI is InChI=1S/C15H24N4O/c1-3-17(4-2)15(20)19-11-9-18(10-12-19)14-7-5-13(16)6-8-14/h5-8H,3-4,9-12,16H2,1-2H3. The van der Waals surface area contributed by atoms with Gasteiger partial charge in [0, 0.05) is 50.6 Å². The zero-order valence-electron chi connectivity index (χ0n) is 12.4. The molecule has 1 heterocycles. The average molecular weight is 276 g/mol. The molecule has 5 heteroatoms. The predicted molar refractivity (Wildman–Crippen MR) is 83.0 cm³/mol. The van der Waals surface area contributed by atoms with Crippen LogP contribution < -0.4 is 10.6 Å². The van der Waals surface area contributed by atoms with Gasteiger partial charge in [-0.3, -0.25) is 0 Å². The molecule has 0 bridgehead atoms. The molecule has 1 aliphatic heterocycles. The lowest BCUT2D eigenvalue weighted by Gasteiger charge is -2.38. The van der Waals surface area contributed by atoms with Gasteiger partial charge in [-0.1, -0.05) is 0 Å². The van der Waals surface area contributed by atoms with Gasteiger partial charge >= 0.3 is 6.03 Å². The summed E-state index contributed by atoms with van der Waals surface area (Å²) in [5.41, 5.74) is 7.66. The van der Waals surface area contributed by atoms with E-state index in [0.717, 1.165) is 45.0 Å². The van der Waals surface area contributed by atoms with Crippen LogP contribution in [-0.4, -0.2) is 55.1 Å². The van der Waals surface area contributed by atoms with E-state index in [0.29, 0.717) is 0 Å². The number of carbonyl (C=O) groups is 1. The Bertz CT molecular complexity index is 434. The van der Waals surface area contributed by atoms with E-state index in [-0.39, 0.29) is 6.03 Å². The molecule has 0 radical (unpaired) electrons. The first kappa shape index (κ1) is 14.5. The van der Waals surface area contributed by atoms with Gasteiger partial charge in [0.25, 0.3) is 0 Å². The Hall–Kier alpha value is -1.91. The van der Waals surface area contributed by atoms with Crippen molar-refractivity contribution in [1.82, 2.24) is 9.80 Å². The summed E-state index contributed by atoms with van der Waals surface area (Å²) in [5.74, 6) is 0. The third-order valence-corrected chi connectivity index (χ3v) is 3.84. The van der Waals surface area contributed by atoms with E-state index >= 15 is 0 Å². The number of urea groups is 1. The van der Waals surface area contributed by atoms with Crippen molar-refractivity contribution in [2.75, 3.05) is 49.9 Å². The molecule has 110 valence electrons. The lowest BCUT2D eigenvalue weighted by atomic mass is 10.2. The van der Waals surface area contributed by atoms with Gasteiger partial charge in [-0.05, 0) is 38.1 Å². The topological polar surface area (TPSA) is 52.8 Å². The summed E-state index contributed by atoms with van der Waals surface area (Å²) < 4.78 is 0. The molecule has 2 N–H and O–H groups in total. The second-order valence-electron chi connectivity index (χ2n) is 5.02. The van der Waals surface area contributed by atoms with Crippen molar-refractivity contribution in [2.24, 2.45) is 0 Å². The number of nitrogen functional groups attached to an aromatic ring is 1. The number of piperazine rings is 1. The van der Waals surface area contributed by atoms with Crippen LogP contribution in [0.15, 0.2) is 24.3 Å². The first-order valence-electron chi connectivity index (χ1n) is 7.30. The summed E-state index contributed by atoms with van der Waals surface area (Å²) in [6.07, 6.45) is 0. The average Bonchev–Trinajstić information content (AvgIpc) is 2.49. The third-order valence-electron chi connectivity index (χ3n) is 3.84. The van der Waals surface area contributed by atoms with Gasteiger partial charge < -0.3 is 20.4 Å². The SMILES string of the molecule is CCN(CC)C(=O)N1CCN(c2ccc(N)cc2)CC1. The number of benzene rings is 1. The molecular formula is C15H24N4O. The van der Waals surface area contributed by atoms with Gasteiger partial charge in [0.1, 0.15) is 0 Å². The first-order chi connectivity index (χ1) is 9.65. The molecule has 0 aliphatic carbocycles. The highest BCUT2D eigenvalue weighted by molar-refractivity contribution is 5.74. The van der Waals surface area contributed by atoms with Crippen molar-refractivity contribution >= 4 is 17.4 Å². The van der Waals surface area contributed by atoms with Gasteiger partial charge in [-0.25, -0.2) is 4.79 Å². The minimum absolute atomic E-state index is 0.159. The largest absolute Gasteiger partial charge is 0.399 e. The first-order valence-corrected chi connectivity index (χ1v) is 7.30. The lowest BCUT2D eigenvalue weighted by molar-refractivity contribution is 0.154. The Balaban J connectivity index is 1.92. The summed E-state index contributed by atoms with van der Waals surface area (Å²) in [4.78, 5) is 18.4. The van der Waals surface area contributed by atoms with Crippen molar-refractivity contribution in [3.8, 4) is 0 Å². The second-order valence-corrected chi connectivity index (χ2v) is 5.02. The van der Waals surface area contributed by atoms with Crippen molar-refractivity contribution in [3.63, 3.8) is 0 Å².